The number of benzene rings is 1. The van der Waals surface area contributed by atoms with Gasteiger partial charge < -0.3 is 41.5 Å². The van der Waals surface area contributed by atoms with Gasteiger partial charge in [0.25, 0.3) is 5.91 Å². The summed E-state index contributed by atoms with van der Waals surface area (Å²) in [5.74, 6) is -3.08. The van der Waals surface area contributed by atoms with E-state index in [9.17, 15) is 28.8 Å². The predicted octanol–water partition coefficient (Wildman–Crippen LogP) is 1.41. The molecule has 15 heteroatoms. The number of amides is 4. The monoisotopic (exact) mass is 655 g/mol. The van der Waals surface area contributed by atoms with E-state index in [4.69, 9.17) is 20.6 Å². The first-order valence-electron chi connectivity index (χ1n) is 15.5. The van der Waals surface area contributed by atoms with E-state index < -0.39 is 64.5 Å². The number of aliphatic imine (C=N–C) groups is 1. The van der Waals surface area contributed by atoms with E-state index >= 15 is 0 Å². The van der Waals surface area contributed by atoms with Gasteiger partial charge in [-0.05, 0) is 58.4 Å². The van der Waals surface area contributed by atoms with Crippen molar-refractivity contribution in [2.75, 3.05) is 20.1 Å². The molecule has 1 aliphatic heterocycles. The topological polar surface area (TPSA) is 229 Å². The minimum Gasteiger partial charge on any atom is -0.444 e. The molecule has 0 aliphatic carbocycles. The Balaban J connectivity index is 1.96. The van der Waals surface area contributed by atoms with Crippen LogP contribution in [0.4, 0.5) is 4.79 Å². The zero-order valence-corrected chi connectivity index (χ0v) is 27.7. The summed E-state index contributed by atoms with van der Waals surface area (Å²) in [6.07, 6.45) is 0.354. The fourth-order valence-corrected chi connectivity index (χ4v) is 5.38. The van der Waals surface area contributed by atoms with Crippen molar-refractivity contribution in [2.24, 2.45) is 22.4 Å². The Labute approximate surface area is 272 Å². The standard InChI is InChI=1S/C32H45N7O8/c1-17(2)24(38-31(45)47-32(3,4)5)28(43)39-16-10-13-20(39)26(41)37-19(12-9-15-36-30(33)34)25(40)22-18-11-7-8-14-21(18)46-29(44)23(22)27(42)35-6/h7-8,11,14,17,19-20,24H,9-10,12-13,15-16H2,1-6H3,(H,35,42)(H,37,41)(H,38,45)(H4,33,34,36)/t19-,20-,24-/m0/s1. The van der Waals surface area contributed by atoms with Gasteiger partial charge in [0.05, 0.1) is 11.6 Å². The largest absolute Gasteiger partial charge is 0.444 e. The lowest BCUT2D eigenvalue weighted by Crippen LogP contribution is -2.57. The van der Waals surface area contributed by atoms with Gasteiger partial charge in [0.1, 0.15) is 28.8 Å². The number of nitrogens with zero attached hydrogens (tertiary/aromatic N) is 2. The second-order valence-corrected chi connectivity index (χ2v) is 12.6. The summed E-state index contributed by atoms with van der Waals surface area (Å²) in [6.45, 7) is 9.04. The Bertz CT molecular complexity index is 1590. The first kappa shape index (κ1) is 36.5. The van der Waals surface area contributed by atoms with Crippen molar-refractivity contribution in [3.05, 3.63) is 45.8 Å². The van der Waals surface area contributed by atoms with E-state index in [2.05, 4.69) is 20.9 Å². The second-order valence-electron chi connectivity index (χ2n) is 12.6. The van der Waals surface area contributed by atoms with Gasteiger partial charge in [0, 0.05) is 25.5 Å². The summed E-state index contributed by atoms with van der Waals surface area (Å²) in [7, 11) is 1.31. The molecule has 0 radical (unpaired) electrons. The van der Waals surface area contributed by atoms with E-state index in [1.54, 1.807) is 46.8 Å². The third kappa shape index (κ3) is 9.30. The lowest BCUT2D eigenvalue weighted by atomic mass is 9.93. The molecule has 1 aliphatic rings. The van der Waals surface area contributed by atoms with E-state index in [-0.39, 0.29) is 54.3 Å². The van der Waals surface area contributed by atoms with Crippen LogP contribution in [-0.2, 0) is 14.3 Å². The number of nitrogens with one attached hydrogen (secondary N) is 3. The second kappa shape index (κ2) is 15.6. The summed E-state index contributed by atoms with van der Waals surface area (Å²) < 4.78 is 10.7. The SMILES string of the molecule is CNC(=O)c1c(C(=O)[C@H](CCCN=C(N)N)NC(=O)[C@@H]2CCCN2C(=O)[C@@H](NC(=O)OC(C)(C)C)C(C)C)c2ccccc2oc1=O. The van der Waals surface area contributed by atoms with Crippen LogP contribution in [-0.4, -0.2) is 84.3 Å². The number of alkyl carbamates (subject to hydrolysis) is 1. The molecule has 2 heterocycles. The molecule has 1 fully saturated rings. The highest BCUT2D eigenvalue weighted by Gasteiger charge is 2.40. The van der Waals surface area contributed by atoms with Crippen LogP contribution in [0.25, 0.3) is 11.0 Å². The highest BCUT2D eigenvalue weighted by Crippen LogP contribution is 2.25. The Morgan fingerprint density at radius 3 is 2.38 bits per heavy atom. The molecule has 1 saturated heterocycles. The van der Waals surface area contributed by atoms with Crippen LogP contribution in [0.15, 0.2) is 38.5 Å². The number of nitrogens with two attached hydrogens (primary N) is 2. The number of carbonyl (C=O) groups excluding carboxylic acids is 5. The van der Waals surface area contributed by atoms with Gasteiger partial charge in [-0.3, -0.25) is 24.2 Å². The number of hydrogen-bond donors (Lipinski definition) is 5. The van der Waals surface area contributed by atoms with E-state index in [1.807, 2.05) is 0 Å². The number of hydrogen-bond acceptors (Lipinski definition) is 9. The van der Waals surface area contributed by atoms with Crippen molar-refractivity contribution in [2.45, 2.75) is 84.0 Å². The molecular weight excluding hydrogens is 610 g/mol. The zero-order valence-electron chi connectivity index (χ0n) is 27.7. The Kier molecular flexibility index (Phi) is 12.1. The number of carbonyl (C=O) groups is 5. The lowest BCUT2D eigenvalue weighted by molar-refractivity contribution is -0.141. The first-order valence-corrected chi connectivity index (χ1v) is 15.5. The molecule has 0 bridgehead atoms. The fourth-order valence-electron chi connectivity index (χ4n) is 5.38. The first-order chi connectivity index (χ1) is 22.0. The number of fused-ring (bicyclic) bond motifs is 1. The van der Waals surface area contributed by atoms with Crippen molar-refractivity contribution in [3.63, 3.8) is 0 Å². The molecular formula is C32H45N7O8. The number of guanidine groups is 1. The average molecular weight is 656 g/mol. The van der Waals surface area contributed by atoms with Gasteiger partial charge in [-0.15, -0.1) is 0 Å². The summed E-state index contributed by atoms with van der Waals surface area (Å²) in [6, 6.07) is 3.11. The molecule has 7 N–H and O–H groups in total. The average Bonchev–Trinajstić information content (AvgIpc) is 3.49. The van der Waals surface area contributed by atoms with Gasteiger partial charge in [0.15, 0.2) is 11.7 Å². The number of para-hydroxylation sites is 1. The summed E-state index contributed by atoms with van der Waals surface area (Å²) >= 11 is 0. The van der Waals surface area contributed by atoms with E-state index in [0.717, 1.165) is 0 Å². The van der Waals surface area contributed by atoms with Crippen LogP contribution in [0.2, 0.25) is 0 Å². The van der Waals surface area contributed by atoms with Gasteiger partial charge in [-0.25, -0.2) is 9.59 Å². The Morgan fingerprint density at radius 2 is 1.77 bits per heavy atom. The Hall–Kier alpha value is -4.95. The van der Waals surface area contributed by atoms with Gasteiger partial charge >= 0.3 is 11.7 Å². The van der Waals surface area contributed by atoms with E-state index in [1.165, 1.54) is 24.1 Å². The predicted molar refractivity (Wildman–Crippen MR) is 175 cm³/mol. The van der Waals surface area contributed by atoms with Gasteiger partial charge in [-0.1, -0.05) is 32.0 Å². The number of likely N-dealkylation sites (tertiary alicyclic amines) is 1. The third-order valence-corrected chi connectivity index (χ3v) is 7.54. The molecule has 4 amide bonds. The van der Waals surface area contributed by atoms with Crippen molar-refractivity contribution >= 4 is 46.5 Å². The van der Waals surface area contributed by atoms with Crippen LogP contribution < -0.4 is 33.0 Å². The summed E-state index contributed by atoms with van der Waals surface area (Å²) in [5, 5.41) is 7.98. The zero-order chi connectivity index (χ0) is 35.1. The molecule has 1 aromatic carbocycles. The molecule has 15 nitrogen and oxygen atoms in total. The molecule has 0 spiro atoms. The molecule has 256 valence electrons. The third-order valence-electron chi connectivity index (χ3n) is 7.54. The van der Waals surface area contributed by atoms with E-state index in [0.29, 0.717) is 12.8 Å². The molecule has 0 saturated carbocycles. The number of Topliss-reactive ketones (excluding diaryl/α,β-unsaturated/α-hetero) is 1. The number of ketones is 1. The van der Waals surface area contributed by atoms with Gasteiger partial charge in [-0.2, -0.15) is 0 Å². The van der Waals surface area contributed by atoms with Crippen molar-refractivity contribution in [3.8, 4) is 0 Å². The van der Waals surface area contributed by atoms with Gasteiger partial charge in [0.2, 0.25) is 11.8 Å². The molecule has 47 heavy (non-hydrogen) atoms. The van der Waals surface area contributed by atoms with Crippen molar-refractivity contribution < 1.29 is 33.1 Å². The number of ether oxygens (including phenoxy) is 1. The molecule has 1 aromatic heterocycles. The maximum absolute atomic E-state index is 14.3. The molecule has 3 atom stereocenters. The molecule has 3 rings (SSSR count). The molecule has 2 aromatic rings. The van der Waals surface area contributed by atoms with Crippen LogP contribution >= 0.6 is 0 Å². The lowest BCUT2D eigenvalue weighted by Gasteiger charge is -2.32. The number of rotatable bonds is 12. The minimum absolute atomic E-state index is 0.0403. The Morgan fingerprint density at radius 1 is 1.09 bits per heavy atom. The van der Waals surface area contributed by atoms with Crippen LogP contribution in [0.5, 0.6) is 0 Å². The highest BCUT2D eigenvalue weighted by molar-refractivity contribution is 6.17. The minimum atomic E-state index is -1.23. The van der Waals surface area contributed by atoms with Crippen molar-refractivity contribution in [1.29, 1.82) is 0 Å². The van der Waals surface area contributed by atoms with Crippen LogP contribution in [0.1, 0.15) is 81.0 Å². The quantitative estimate of drug-likeness (QED) is 0.0726. The summed E-state index contributed by atoms with van der Waals surface area (Å²) in [4.78, 5) is 85.5. The smallest absolute Gasteiger partial charge is 0.408 e. The summed E-state index contributed by atoms with van der Waals surface area (Å²) in [5.41, 5.74) is 8.49. The maximum Gasteiger partial charge on any atom is 0.408 e. The highest BCUT2D eigenvalue weighted by atomic mass is 16.6. The normalized spacial score (nSPS) is 15.9. The van der Waals surface area contributed by atoms with Crippen LogP contribution in [0.3, 0.4) is 0 Å². The van der Waals surface area contributed by atoms with Crippen molar-refractivity contribution in [1.82, 2.24) is 20.9 Å². The fraction of sp³-hybridized carbons (Fsp3) is 0.531. The van der Waals surface area contributed by atoms with Crippen LogP contribution in [0, 0.1) is 5.92 Å². The molecule has 0 unspecified atom stereocenters. The maximum atomic E-state index is 14.3.